The van der Waals surface area contributed by atoms with Gasteiger partial charge in [-0.1, -0.05) is 43.7 Å². The van der Waals surface area contributed by atoms with Gasteiger partial charge < -0.3 is 9.84 Å². The van der Waals surface area contributed by atoms with Crippen molar-refractivity contribution in [3.8, 4) is 17.0 Å². The summed E-state index contributed by atoms with van der Waals surface area (Å²) in [6.45, 7) is 6.04. The van der Waals surface area contributed by atoms with Gasteiger partial charge in [0.25, 0.3) is 0 Å². The minimum Gasteiger partial charge on any atom is -0.490 e. The summed E-state index contributed by atoms with van der Waals surface area (Å²) in [6, 6.07) is 9.55. The monoisotopic (exact) mass is 381 g/mol. The molecule has 0 atom stereocenters. The molecular formula is C24H31NO3. The highest BCUT2D eigenvalue weighted by Gasteiger charge is 2.19. The number of carboxylic acids is 1. The van der Waals surface area contributed by atoms with Crippen LogP contribution in [0.3, 0.4) is 0 Å². The van der Waals surface area contributed by atoms with E-state index in [2.05, 4.69) is 6.07 Å². The molecule has 1 saturated carbocycles. The number of aromatic nitrogens is 1. The molecule has 0 aliphatic heterocycles. The van der Waals surface area contributed by atoms with Gasteiger partial charge in [0.15, 0.2) is 0 Å². The molecule has 0 amide bonds. The molecule has 0 unspecified atom stereocenters. The van der Waals surface area contributed by atoms with E-state index in [9.17, 15) is 9.90 Å². The molecule has 4 heteroatoms. The van der Waals surface area contributed by atoms with Gasteiger partial charge in [-0.25, -0.2) is 4.79 Å². The Kier molecular flexibility index (Phi) is 6.71. The first-order valence-electron chi connectivity index (χ1n) is 10.4. The number of nitrogens with zero attached hydrogens (tertiary/aromatic N) is 1. The molecule has 1 fully saturated rings. The molecule has 1 heterocycles. The Bertz CT molecular complexity index is 823. The normalized spacial score (nSPS) is 15.0. The zero-order valence-electron chi connectivity index (χ0n) is 17.2. The van der Waals surface area contributed by atoms with Crippen LogP contribution in [0.25, 0.3) is 11.3 Å². The van der Waals surface area contributed by atoms with Crippen molar-refractivity contribution in [2.75, 3.05) is 0 Å². The molecule has 0 bridgehead atoms. The fraction of sp³-hybridized carbons (Fsp3) is 0.500. The van der Waals surface area contributed by atoms with Crippen molar-refractivity contribution in [3.05, 3.63) is 47.2 Å². The second kappa shape index (κ2) is 9.22. The smallest absolute Gasteiger partial charge is 0.337 e. The maximum Gasteiger partial charge on any atom is 0.337 e. The SMILES string of the molecule is Cc1ccc(OC(C)C)c(-c2ccc(C(=O)O)c(CCC3CCCCC3)n2)c1. The molecule has 4 nitrogen and oxygen atoms in total. The topological polar surface area (TPSA) is 59.4 Å². The maximum absolute atomic E-state index is 11.7. The Morgan fingerprint density at radius 1 is 1.18 bits per heavy atom. The van der Waals surface area contributed by atoms with Crippen LogP contribution in [0.4, 0.5) is 0 Å². The summed E-state index contributed by atoms with van der Waals surface area (Å²) < 4.78 is 5.97. The van der Waals surface area contributed by atoms with E-state index in [0.717, 1.165) is 29.0 Å². The highest BCUT2D eigenvalue weighted by molar-refractivity contribution is 5.89. The van der Waals surface area contributed by atoms with Gasteiger partial charge >= 0.3 is 5.97 Å². The number of hydrogen-bond donors (Lipinski definition) is 1. The zero-order valence-corrected chi connectivity index (χ0v) is 17.2. The van der Waals surface area contributed by atoms with E-state index in [-0.39, 0.29) is 6.10 Å². The van der Waals surface area contributed by atoms with E-state index in [1.54, 1.807) is 12.1 Å². The first kappa shape index (κ1) is 20.4. The molecule has 2 aromatic rings. The van der Waals surface area contributed by atoms with Crippen LogP contribution in [0, 0.1) is 12.8 Å². The second-order valence-corrected chi connectivity index (χ2v) is 8.20. The fourth-order valence-electron chi connectivity index (χ4n) is 4.05. The summed E-state index contributed by atoms with van der Waals surface area (Å²) in [6.07, 6.45) is 8.22. The van der Waals surface area contributed by atoms with Crippen molar-refractivity contribution in [2.24, 2.45) is 5.92 Å². The van der Waals surface area contributed by atoms with Crippen LogP contribution in [0.5, 0.6) is 5.75 Å². The van der Waals surface area contributed by atoms with Crippen LogP contribution in [-0.4, -0.2) is 22.2 Å². The van der Waals surface area contributed by atoms with Gasteiger partial charge in [0, 0.05) is 5.56 Å². The van der Waals surface area contributed by atoms with Crippen LogP contribution < -0.4 is 4.74 Å². The van der Waals surface area contributed by atoms with Gasteiger partial charge in [0.05, 0.1) is 23.1 Å². The summed E-state index contributed by atoms with van der Waals surface area (Å²) in [5, 5.41) is 9.62. The third-order valence-electron chi connectivity index (χ3n) is 5.49. The molecule has 1 aromatic carbocycles. The molecule has 0 spiro atoms. The van der Waals surface area contributed by atoms with Crippen molar-refractivity contribution in [3.63, 3.8) is 0 Å². The molecule has 0 radical (unpaired) electrons. The summed E-state index contributed by atoms with van der Waals surface area (Å²) >= 11 is 0. The van der Waals surface area contributed by atoms with Crippen molar-refractivity contribution in [1.82, 2.24) is 4.98 Å². The minimum atomic E-state index is -0.902. The summed E-state index contributed by atoms with van der Waals surface area (Å²) in [4.78, 5) is 16.5. The summed E-state index contributed by atoms with van der Waals surface area (Å²) in [5.74, 6) is 0.578. The highest BCUT2D eigenvalue weighted by atomic mass is 16.5. The second-order valence-electron chi connectivity index (χ2n) is 8.20. The Morgan fingerprint density at radius 3 is 2.61 bits per heavy atom. The molecule has 28 heavy (non-hydrogen) atoms. The van der Waals surface area contributed by atoms with Gasteiger partial charge in [-0.15, -0.1) is 0 Å². The number of aryl methyl sites for hydroxylation is 2. The lowest BCUT2D eigenvalue weighted by Crippen LogP contribution is -2.11. The summed E-state index contributed by atoms with van der Waals surface area (Å²) in [5.41, 5.74) is 3.83. The molecule has 150 valence electrons. The van der Waals surface area contributed by atoms with E-state index in [1.165, 1.54) is 32.1 Å². The minimum absolute atomic E-state index is 0.0607. The molecule has 3 rings (SSSR count). The van der Waals surface area contributed by atoms with E-state index >= 15 is 0 Å². The van der Waals surface area contributed by atoms with Crippen LogP contribution in [-0.2, 0) is 6.42 Å². The molecular weight excluding hydrogens is 350 g/mol. The van der Waals surface area contributed by atoms with Crippen molar-refractivity contribution < 1.29 is 14.6 Å². The van der Waals surface area contributed by atoms with Crippen molar-refractivity contribution in [1.29, 1.82) is 0 Å². The highest BCUT2D eigenvalue weighted by Crippen LogP contribution is 2.32. The average molecular weight is 382 g/mol. The Labute approximate surface area is 168 Å². The average Bonchev–Trinajstić information content (AvgIpc) is 2.68. The number of aromatic carboxylic acids is 1. The lowest BCUT2D eigenvalue weighted by atomic mass is 9.85. The predicted molar refractivity (Wildman–Crippen MR) is 112 cm³/mol. The number of pyridine rings is 1. The van der Waals surface area contributed by atoms with Gasteiger partial charge in [0.2, 0.25) is 0 Å². The van der Waals surface area contributed by atoms with E-state index in [1.807, 2.05) is 32.9 Å². The van der Waals surface area contributed by atoms with Gasteiger partial charge in [0.1, 0.15) is 5.75 Å². The van der Waals surface area contributed by atoms with Gasteiger partial charge in [-0.2, -0.15) is 0 Å². The standard InChI is InChI=1S/C24H31NO3/c1-16(2)28-23-14-9-17(3)15-20(23)22-13-11-19(24(26)27)21(25-22)12-10-18-7-5-4-6-8-18/h9,11,13-16,18H,4-8,10,12H2,1-3H3,(H,26,27). The predicted octanol–water partition coefficient (Wildman–Crippen LogP) is 6.06. The van der Waals surface area contributed by atoms with E-state index < -0.39 is 5.97 Å². The third-order valence-corrected chi connectivity index (χ3v) is 5.49. The van der Waals surface area contributed by atoms with Crippen molar-refractivity contribution in [2.45, 2.75) is 71.8 Å². The Morgan fingerprint density at radius 2 is 1.93 bits per heavy atom. The lowest BCUT2D eigenvalue weighted by molar-refractivity contribution is 0.0695. The van der Waals surface area contributed by atoms with E-state index in [4.69, 9.17) is 9.72 Å². The zero-order chi connectivity index (χ0) is 20.1. The Balaban J connectivity index is 1.92. The largest absolute Gasteiger partial charge is 0.490 e. The van der Waals surface area contributed by atoms with Gasteiger partial charge in [-0.05, 0) is 63.8 Å². The number of benzene rings is 1. The van der Waals surface area contributed by atoms with Crippen LogP contribution in [0.15, 0.2) is 30.3 Å². The van der Waals surface area contributed by atoms with Gasteiger partial charge in [-0.3, -0.25) is 4.98 Å². The Hall–Kier alpha value is -2.36. The molecule has 0 saturated heterocycles. The number of ether oxygens (including phenoxy) is 1. The number of carboxylic acid groups (broad SMARTS) is 1. The van der Waals surface area contributed by atoms with Crippen LogP contribution in [0.2, 0.25) is 0 Å². The molecule has 1 aromatic heterocycles. The fourth-order valence-corrected chi connectivity index (χ4v) is 4.05. The molecule has 1 aliphatic carbocycles. The number of carbonyl (C=O) groups is 1. The first-order chi connectivity index (χ1) is 13.4. The third kappa shape index (κ3) is 5.12. The molecule has 1 N–H and O–H groups in total. The lowest BCUT2D eigenvalue weighted by Gasteiger charge is -2.21. The van der Waals surface area contributed by atoms with Crippen LogP contribution in [0.1, 0.15) is 74.0 Å². The summed E-state index contributed by atoms with van der Waals surface area (Å²) in [7, 11) is 0. The first-order valence-corrected chi connectivity index (χ1v) is 10.4. The maximum atomic E-state index is 11.7. The van der Waals surface area contributed by atoms with E-state index in [0.29, 0.717) is 23.6 Å². The quantitative estimate of drug-likeness (QED) is 0.634. The van der Waals surface area contributed by atoms with Crippen molar-refractivity contribution >= 4 is 5.97 Å². The number of rotatable bonds is 7. The molecule has 1 aliphatic rings. The number of hydrogen-bond acceptors (Lipinski definition) is 3. The van der Waals surface area contributed by atoms with Crippen LogP contribution >= 0.6 is 0 Å².